The van der Waals surface area contributed by atoms with Gasteiger partial charge in [-0.25, -0.2) is 4.39 Å². The van der Waals surface area contributed by atoms with Gasteiger partial charge in [-0.15, -0.1) is 11.6 Å². The van der Waals surface area contributed by atoms with Crippen molar-refractivity contribution in [2.24, 2.45) is 0 Å². The average molecular weight is 249 g/mol. The Morgan fingerprint density at radius 1 is 1.44 bits per heavy atom. The Labute approximate surface area is 98.4 Å². The van der Waals surface area contributed by atoms with Crippen molar-refractivity contribution in [2.45, 2.75) is 18.6 Å². The lowest BCUT2D eigenvalue weighted by Crippen LogP contribution is -2.19. The van der Waals surface area contributed by atoms with E-state index in [1.807, 2.05) is 0 Å². The summed E-state index contributed by atoms with van der Waals surface area (Å²) in [5, 5.41) is 19.4. The van der Waals surface area contributed by atoms with E-state index in [4.69, 9.17) is 16.3 Å². The maximum atomic E-state index is 13.0. The number of aliphatic hydroxyl groups excluding tert-OH is 2. The molecular formula is C11H14ClFO3. The van der Waals surface area contributed by atoms with Crippen LogP contribution < -0.4 is 4.74 Å². The molecule has 0 radical (unpaired) electrons. The summed E-state index contributed by atoms with van der Waals surface area (Å²) in [6.45, 7) is 0. The molecule has 0 spiro atoms. The lowest BCUT2D eigenvalue weighted by atomic mass is 10.0. The normalized spacial score (nSPS) is 14.6. The van der Waals surface area contributed by atoms with Crippen LogP contribution in [0.15, 0.2) is 18.2 Å². The Balaban J connectivity index is 2.96. The summed E-state index contributed by atoms with van der Waals surface area (Å²) in [5.74, 6) is 0.0611. The molecule has 2 atom stereocenters. The maximum absolute atomic E-state index is 13.0. The van der Waals surface area contributed by atoms with Crippen LogP contribution in [0.4, 0.5) is 4.39 Å². The molecule has 2 N–H and O–H groups in total. The van der Waals surface area contributed by atoms with Crippen molar-refractivity contribution in [3.8, 4) is 5.75 Å². The third-order valence-electron chi connectivity index (χ3n) is 2.28. The standard InChI is InChI=1S/C11H14ClFO3/c1-16-10-3-2-7(13)6-8(10)11(15)9(14)4-5-12/h2-3,6,9,11,14-15H,4-5H2,1H3. The fourth-order valence-electron chi connectivity index (χ4n) is 1.41. The smallest absolute Gasteiger partial charge is 0.124 e. The van der Waals surface area contributed by atoms with Crippen LogP contribution in [-0.2, 0) is 0 Å². The maximum Gasteiger partial charge on any atom is 0.124 e. The summed E-state index contributed by atoms with van der Waals surface area (Å²) in [7, 11) is 1.41. The number of rotatable bonds is 5. The zero-order valence-corrected chi connectivity index (χ0v) is 9.62. The molecule has 0 aromatic heterocycles. The van der Waals surface area contributed by atoms with Gasteiger partial charge in [0, 0.05) is 11.4 Å². The predicted octanol–water partition coefficient (Wildman–Crippen LogP) is 1.86. The van der Waals surface area contributed by atoms with Crippen LogP contribution in [0, 0.1) is 5.82 Å². The van der Waals surface area contributed by atoms with Gasteiger partial charge in [0.2, 0.25) is 0 Å². The van der Waals surface area contributed by atoms with E-state index < -0.39 is 18.0 Å². The molecule has 5 heteroatoms. The fourth-order valence-corrected chi connectivity index (χ4v) is 1.64. The molecule has 0 amide bonds. The van der Waals surface area contributed by atoms with Gasteiger partial charge in [-0.2, -0.15) is 0 Å². The lowest BCUT2D eigenvalue weighted by Gasteiger charge is -2.19. The third-order valence-corrected chi connectivity index (χ3v) is 2.50. The minimum atomic E-state index is -1.20. The molecule has 0 saturated heterocycles. The molecule has 1 aromatic carbocycles. The van der Waals surface area contributed by atoms with Crippen LogP contribution in [0.2, 0.25) is 0 Å². The molecule has 16 heavy (non-hydrogen) atoms. The monoisotopic (exact) mass is 248 g/mol. The van der Waals surface area contributed by atoms with Crippen LogP contribution in [0.5, 0.6) is 5.75 Å². The molecule has 0 fully saturated rings. The second kappa shape index (κ2) is 6.03. The van der Waals surface area contributed by atoms with E-state index in [0.29, 0.717) is 5.75 Å². The van der Waals surface area contributed by atoms with Crippen molar-refractivity contribution < 1.29 is 19.3 Å². The number of benzene rings is 1. The zero-order valence-electron chi connectivity index (χ0n) is 8.86. The summed E-state index contributed by atoms with van der Waals surface area (Å²) in [6.07, 6.45) is -2.01. The highest BCUT2D eigenvalue weighted by Crippen LogP contribution is 2.29. The van der Waals surface area contributed by atoms with Gasteiger partial charge < -0.3 is 14.9 Å². The predicted molar refractivity (Wildman–Crippen MR) is 59.3 cm³/mol. The van der Waals surface area contributed by atoms with Crippen molar-refractivity contribution in [1.29, 1.82) is 0 Å². The minimum Gasteiger partial charge on any atom is -0.496 e. The van der Waals surface area contributed by atoms with E-state index in [1.165, 1.54) is 19.2 Å². The summed E-state index contributed by atoms with van der Waals surface area (Å²) in [6, 6.07) is 3.77. The van der Waals surface area contributed by atoms with E-state index in [0.717, 1.165) is 6.07 Å². The number of methoxy groups -OCH3 is 1. The summed E-state index contributed by atoms with van der Waals surface area (Å²) >= 11 is 5.46. The van der Waals surface area contributed by atoms with Gasteiger partial charge in [-0.1, -0.05) is 0 Å². The molecule has 90 valence electrons. The highest BCUT2D eigenvalue weighted by molar-refractivity contribution is 6.17. The Hall–Kier alpha value is -0.840. The molecule has 0 aliphatic carbocycles. The van der Waals surface area contributed by atoms with Crippen molar-refractivity contribution in [1.82, 2.24) is 0 Å². The number of hydrogen-bond acceptors (Lipinski definition) is 3. The van der Waals surface area contributed by atoms with Crippen molar-refractivity contribution in [3.63, 3.8) is 0 Å². The number of aliphatic hydroxyl groups is 2. The second-order valence-corrected chi connectivity index (χ2v) is 3.75. The number of halogens is 2. The molecule has 1 rings (SSSR count). The second-order valence-electron chi connectivity index (χ2n) is 3.38. The summed E-state index contributed by atoms with van der Waals surface area (Å²) < 4.78 is 18.0. The van der Waals surface area contributed by atoms with Gasteiger partial charge in [0.25, 0.3) is 0 Å². The Morgan fingerprint density at radius 2 is 2.12 bits per heavy atom. The first kappa shape index (κ1) is 13.2. The van der Waals surface area contributed by atoms with Crippen molar-refractivity contribution in [2.75, 3.05) is 13.0 Å². The van der Waals surface area contributed by atoms with Gasteiger partial charge >= 0.3 is 0 Å². The van der Waals surface area contributed by atoms with Crippen LogP contribution in [0.1, 0.15) is 18.1 Å². The van der Waals surface area contributed by atoms with Gasteiger partial charge in [-0.3, -0.25) is 0 Å². The molecule has 3 nitrogen and oxygen atoms in total. The van der Waals surface area contributed by atoms with Gasteiger partial charge in [0.05, 0.1) is 13.2 Å². The van der Waals surface area contributed by atoms with Gasteiger partial charge in [0.1, 0.15) is 17.7 Å². The highest BCUT2D eigenvalue weighted by atomic mass is 35.5. The quantitative estimate of drug-likeness (QED) is 0.782. The molecular weight excluding hydrogens is 235 g/mol. The van der Waals surface area contributed by atoms with E-state index in [1.54, 1.807) is 0 Å². The summed E-state index contributed by atoms with van der Waals surface area (Å²) in [4.78, 5) is 0. The van der Waals surface area contributed by atoms with Crippen LogP contribution in [-0.4, -0.2) is 29.3 Å². The average Bonchev–Trinajstić information content (AvgIpc) is 2.28. The first-order valence-electron chi connectivity index (χ1n) is 4.85. The minimum absolute atomic E-state index is 0.218. The largest absolute Gasteiger partial charge is 0.496 e. The van der Waals surface area contributed by atoms with Gasteiger partial charge in [0.15, 0.2) is 0 Å². The van der Waals surface area contributed by atoms with Crippen LogP contribution in [0.3, 0.4) is 0 Å². The first-order chi connectivity index (χ1) is 7.60. The third kappa shape index (κ3) is 3.07. The topological polar surface area (TPSA) is 49.7 Å². The Kier molecular flexibility index (Phi) is 4.99. The molecule has 0 aliphatic rings. The highest BCUT2D eigenvalue weighted by Gasteiger charge is 2.21. The molecule has 0 bridgehead atoms. The SMILES string of the molecule is COc1ccc(F)cc1C(O)C(O)CCCl. The molecule has 0 aliphatic heterocycles. The molecule has 1 aromatic rings. The zero-order chi connectivity index (χ0) is 12.1. The van der Waals surface area contributed by atoms with Crippen LogP contribution >= 0.6 is 11.6 Å². The lowest BCUT2D eigenvalue weighted by molar-refractivity contribution is 0.0155. The van der Waals surface area contributed by atoms with E-state index >= 15 is 0 Å². The van der Waals surface area contributed by atoms with Crippen molar-refractivity contribution >= 4 is 11.6 Å². The fraction of sp³-hybridized carbons (Fsp3) is 0.455. The number of ether oxygens (including phenoxy) is 1. The first-order valence-corrected chi connectivity index (χ1v) is 5.39. The molecule has 2 unspecified atom stereocenters. The van der Waals surface area contributed by atoms with Crippen LogP contribution in [0.25, 0.3) is 0 Å². The van der Waals surface area contributed by atoms with E-state index in [2.05, 4.69) is 0 Å². The molecule has 0 heterocycles. The number of hydrogen-bond donors (Lipinski definition) is 2. The summed E-state index contributed by atoms with van der Waals surface area (Å²) in [5.41, 5.74) is 0.222. The molecule has 0 saturated carbocycles. The number of alkyl halides is 1. The van der Waals surface area contributed by atoms with E-state index in [-0.39, 0.29) is 17.9 Å². The van der Waals surface area contributed by atoms with Crippen molar-refractivity contribution in [3.05, 3.63) is 29.6 Å². The Morgan fingerprint density at radius 3 is 2.69 bits per heavy atom. The van der Waals surface area contributed by atoms with Gasteiger partial charge in [-0.05, 0) is 24.6 Å². The Bertz CT molecular complexity index is 346. The van der Waals surface area contributed by atoms with E-state index in [9.17, 15) is 14.6 Å².